The number of benzene rings is 4. The molecule has 4 aromatic rings. The average Bonchev–Trinajstić information content (AvgIpc) is 2.75. The van der Waals surface area contributed by atoms with Crippen LogP contribution in [0.25, 0.3) is 11.1 Å². The molecule has 0 aliphatic rings. The monoisotopic (exact) mass is 396 g/mol. The van der Waals surface area contributed by atoms with Gasteiger partial charge in [0.1, 0.15) is 0 Å². The quantitative estimate of drug-likeness (QED) is 0.263. The van der Waals surface area contributed by atoms with Crippen molar-refractivity contribution in [2.75, 3.05) is 0 Å². The van der Waals surface area contributed by atoms with Crippen LogP contribution in [0.2, 0.25) is 0 Å². The van der Waals surface area contributed by atoms with Gasteiger partial charge in [0.05, 0.1) is 0 Å². The van der Waals surface area contributed by atoms with Gasteiger partial charge in [0, 0.05) is 9.79 Å². The zero-order valence-corrected chi connectivity index (χ0v) is 17.1. The Bertz CT molecular complexity index is 988. The molecular weight excluding hydrogens is 376 g/mol. The molecule has 0 fully saturated rings. The molecule has 0 heterocycles. The van der Waals surface area contributed by atoms with E-state index in [-0.39, 0.29) is 0 Å². The van der Waals surface area contributed by atoms with Gasteiger partial charge in [-0.2, -0.15) is 0 Å². The molecule has 0 atom stereocenters. The summed E-state index contributed by atoms with van der Waals surface area (Å²) in [4.78, 5) is 1.91. The maximum absolute atomic E-state index is 4.47. The van der Waals surface area contributed by atoms with E-state index >= 15 is 0 Å². The second kappa shape index (κ2) is 8.55. The molecule has 2 heteroatoms. The van der Waals surface area contributed by atoms with E-state index in [9.17, 15) is 0 Å². The van der Waals surface area contributed by atoms with Crippen molar-refractivity contribution in [3.8, 4) is 0 Å². The molecule has 0 N–H and O–H groups in total. The zero-order valence-electron chi connectivity index (χ0n) is 15.3. The lowest BCUT2D eigenvalue weighted by atomic mass is 9.86. The number of thiol groups is 2. The van der Waals surface area contributed by atoms with E-state index < -0.39 is 0 Å². The van der Waals surface area contributed by atoms with Crippen molar-refractivity contribution < 1.29 is 0 Å². The summed E-state index contributed by atoms with van der Waals surface area (Å²) in [5, 5.41) is 0. The summed E-state index contributed by atoms with van der Waals surface area (Å²) >= 11 is 8.93. The van der Waals surface area contributed by atoms with E-state index in [1.54, 1.807) is 0 Å². The molecule has 0 saturated heterocycles. The average molecular weight is 397 g/mol. The van der Waals surface area contributed by atoms with Crippen LogP contribution in [0.4, 0.5) is 0 Å². The molecule has 0 aromatic heterocycles. The molecule has 0 nitrogen and oxygen atoms in total. The maximum Gasteiger partial charge on any atom is 0.00404 e. The van der Waals surface area contributed by atoms with E-state index in [1.165, 1.54) is 22.3 Å². The van der Waals surface area contributed by atoms with Crippen LogP contribution in [0.15, 0.2) is 119 Å². The first kappa shape index (κ1) is 18.7. The maximum atomic E-state index is 4.47. The van der Waals surface area contributed by atoms with Gasteiger partial charge >= 0.3 is 0 Å². The molecule has 0 unspecified atom stereocenters. The third-order valence-electron chi connectivity index (χ3n) is 4.69. The summed E-state index contributed by atoms with van der Waals surface area (Å²) in [6.07, 6.45) is 0. The predicted molar refractivity (Wildman–Crippen MR) is 125 cm³/mol. The Kier molecular flexibility index (Phi) is 5.70. The smallest absolute Gasteiger partial charge is 0.00404 e. The minimum atomic E-state index is 0.955. The lowest BCUT2D eigenvalue weighted by Gasteiger charge is -2.18. The number of rotatable bonds is 4. The molecule has 0 amide bonds. The van der Waals surface area contributed by atoms with Crippen molar-refractivity contribution in [2.45, 2.75) is 9.79 Å². The van der Waals surface area contributed by atoms with Gasteiger partial charge in [-0.25, -0.2) is 0 Å². The molecule has 136 valence electrons. The first-order chi connectivity index (χ1) is 13.7. The second-order valence-corrected chi connectivity index (χ2v) is 7.61. The molecule has 4 rings (SSSR count). The summed E-state index contributed by atoms with van der Waals surface area (Å²) < 4.78 is 0. The van der Waals surface area contributed by atoms with Crippen LogP contribution >= 0.6 is 25.3 Å². The van der Waals surface area contributed by atoms with Gasteiger partial charge < -0.3 is 0 Å². The molecule has 0 spiro atoms. The Balaban J connectivity index is 2.08. The predicted octanol–water partition coefficient (Wildman–Crippen LogP) is 7.27. The van der Waals surface area contributed by atoms with Crippen LogP contribution in [0, 0.1) is 0 Å². The fraction of sp³-hybridized carbons (Fsp3) is 0. The normalized spacial score (nSPS) is 11.8. The van der Waals surface area contributed by atoms with Crippen molar-refractivity contribution in [2.24, 2.45) is 0 Å². The molecule has 4 aromatic carbocycles. The standard InChI is InChI=1S/C26H20S2/c27-23-15-11-21(12-16-23)25(19-7-3-1-4-8-19)26(20-9-5-2-6-10-20)22-13-17-24(28)18-14-22/h1-18,27-28H/b26-25-. The Morgan fingerprint density at radius 1 is 0.357 bits per heavy atom. The lowest BCUT2D eigenvalue weighted by Crippen LogP contribution is -1.97. The summed E-state index contributed by atoms with van der Waals surface area (Å²) in [6, 6.07) is 37.8. The van der Waals surface area contributed by atoms with Gasteiger partial charge in [-0.3, -0.25) is 0 Å². The number of hydrogen-bond acceptors (Lipinski definition) is 2. The van der Waals surface area contributed by atoms with E-state index in [0.29, 0.717) is 0 Å². The summed E-state index contributed by atoms with van der Waals surface area (Å²) in [5.41, 5.74) is 7.10. The van der Waals surface area contributed by atoms with Crippen LogP contribution in [0.1, 0.15) is 22.3 Å². The van der Waals surface area contributed by atoms with E-state index in [4.69, 9.17) is 0 Å². The first-order valence-corrected chi connectivity index (χ1v) is 10.1. The van der Waals surface area contributed by atoms with Crippen molar-refractivity contribution in [1.82, 2.24) is 0 Å². The molecule has 0 bridgehead atoms. The highest BCUT2D eigenvalue weighted by Crippen LogP contribution is 2.37. The SMILES string of the molecule is Sc1ccc(/C(=C(/c2ccccc2)c2ccc(S)cc2)c2ccccc2)cc1. The van der Waals surface area contributed by atoms with Gasteiger partial charge in [0.2, 0.25) is 0 Å². The van der Waals surface area contributed by atoms with E-state index in [2.05, 4.69) is 110 Å². The Morgan fingerprint density at radius 2 is 0.643 bits per heavy atom. The highest BCUT2D eigenvalue weighted by molar-refractivity contribution is 7.80. The van der Waals surface area contributed by atoms with Crippen LogP contribution < -0.4 is 0 Å². The molecular formula is C26H20S2. The fourth-order valence-electron chi connectivity index (χ4n) is 3.38. The Labute approximate surface area is 177 Å². The largest absolute Gasteiger partial charge is 0.143 e. The topological polar surface area (TPSA) is 0 Å². The summed E-state index contributed by atoms with van der Waals surface area (Å²) in [7, 11) is 0. The third-order valence-corrected chi connectivity index (χ3v) is 5.28. The van der Waals surface area contributed by atoms with Gasteiger partial charge in [-0.05, 0) is 57.7 Å². The molecule has 0 aliphatic carbocycles. The van der Waals surface area contributed by atoms with Gasteiger partial charge in [-0.1, -0.05) is 84.9 Å². The summed E-state index contributed by atoms with van der Waals surface area (Å²) in [6.45, 7) is 0. The molecule has 0 aliphatic heterocycles. The number of hydrogen-bond donors (Lipinski definition) is 2. The van der Waals surface area contributed by atoms with E-state index in [1.807, 2.05) is 24.3 Å². The highest BCUT2D eigenvalue weighted by atomic mass is 32.1. The zero-order chi connectivity index (χ0) is 19.3. The minimum absolute atomic E-state index is 0.955. The molecule has 28 heavy (non-hydrogen) atoms. The van der Waals surface area contributed by atoms with Crippen LogP contribution in [0.5, 0.6) is 0 Å². The molecule has 0 radical (unpaired) electrons. The van der Waals surface area contributed by atoms with Crippen LogP contribution in [0.3, 0.4) is 0 Å². The van der Waals surface area contributed by atoms with Gasteiger partial charge in [0.25, 0.3) is 0 Å². The fourth-order valence-corrected chi connectivity index (χ4v) is 3.67. The van der Waals surface area contributed by atoms with Gasteiger partial charge in [-0.15, -0.1) is 25.3 Å². The van der Waals surface area contributed by atoms with Crippen molar-refractivity contribution in [1.29, 1.82) is 0 Å². The second-order valence-electron chi connectivity index (χ2n) is 6.58. The van der Waals surface area contributed by atoms with Crippen molar-refractivity contribution in [3.05, 3.63) is 131 Å². The Hall–Kier alpha value is -2.68. The first-order valence-electron chi connectivity index (χ1n) is 9.16. The van der Waals surface area contributed by atoms with E-state index in [0.717, 1.165) is 20.9 Å². The van der Waals surface area contributed by atoms with Gasteiger partial charge in [0.15, 0.2) is 0 Å². The molecule has 0 saturated carbocycles. The van der Waals surface area contributed by atoms with Crippen LogP contribution in [-0.4, -0.2) is 0 Å². The third kappa shape index (κ3) is 4.09. The lowest BCUT2D eigenvalue weighted by molar-refractivity contribution is 1.42. The van der Waals surface area contributed by atoms with Crippen LogP contribution in [-0.2, 0) is 0 Å². The summed E-state index contributed by atoms with van der Waals surface area (Å²) in [5.74, 6) is 0. The highest BCUT2D eigenvalue weighted by Gasteiger charge is 2.15. The van der Waals surface area contributed by atoms with Crippen molar-refractivity contribution >= 4 is 36.4 Å². The van der Waals surface area contributed by atoms with Crippen molar-refractivity contribution in [3.63, 3.8) is 0 Å². The Morgan fingerprint density at radius 3 is 0.964 bits per heavy atom. The minimum Gasteiger partial charge on any atom is -0.143 e.